The number of likely N-dealkylation sites (tertiary alicyclic amines) is 1. The smallest absolute Gasteiger partial charge is 0.123 e. The van der Waals surface area contributed by atoms with Gasteiger partial charge in [-0.05, 0) is 62.1 Å². The van der Waals surface area contributed by atoms with Crippen LogP contribution >= 0.6 is 0 Å². The largest absolute Gasteiger partial charge is 0.492 e. The molecule has 1 saturated heterocycles. The molecule has 0 bridgehead atoms. The first-order valence-electron chi connectivity index (χ1n) is 11.6. The number of ether oxygens (including phenoxy) is 1. The van der Waals surface area contributed by atoms with Crippen molar-refractivity contribution in [3.8, 4) is 17.6 Å². The van der Waals surface area contributed by atoms with Gasteiger partial charge in [0.2, 0.25) is 0 Å². The number of rotatable bonds is 4. The van der Waals surface area contributed by atoms with E-state index < -0.39 is 5.60 Å². The number of piperidine rings is 1. The fourth-order valence-corrected chi connectivity index (χ4v) is 4.25. The van der Waals surface area contributed by atoms with Crippen molar-refractivity contribution in [2.24, 2.45) is 0 Å². The molecule has 2 aliphatic rings. The Bertz CT molecular complexity index is 961. The molecule has 0 radical (unpaired) electrons. The van der Waals surface area contributed by atoms with Crippen LogP contribution in [-0.2, 0) is 19.6 Å². The normalized spacial score (nSPS) is 18.2. The molecule has 0 aliphatic carbocycles. The van der Waals surface area contributed by atoms with E-state index >= 15 is 0 Å². The van der Waals surface area contributed by atoms with E-state index in [9.17, 15) is 10.2 Å². The quantitative estimate of drug-likeness (QED) is 0.724. The van der Waals surface area contributed by atoms with Crippen molar-refractivity contribution in [2.45, 2.75) is 58.0 Å². The Balaban J connectivity index is 1.39. The predicted octanol–water partition coefficient (Wildman–Crippen LogP) is 3.16. The fraction of sp³-hybridized carbons (Fsp3) is 0.481. The Kier molecular flexibility index (Phi) is 7.17. The highest BCUT2D eigenvalue weighted by Crippen LogP contribution is 2.26. The molecule has 2 aromatic carbocycles. The van der Waals surface area contributed by atoms with E-state index in [0.29, 0.717) is 6.61 Å². The van der Waals surface area contributed by atoms with Gasteiger partial charge in [0, 0.05) is 50.4 Å². The second-order valence-electron chi connectivity index (χ2n) is 9.51. The molecule has 5 nitrogen and oxygen atoms in total. The van der Waals surface area contributed by atoms with Crippen LogP contribution in [0.1, 0.15) is 48.9 Å². The summed E-state index contributed by atoms with van der Waals surface area (Å²) in [7, 11) is 0. The van der Waals surface area contributed by atoms with Gasteiger partial charge in [-0.1, -0.05) is 30.0 Å². The topological polar surface area (TPSA) is 56.2 Å². The lowest BCUT2D eigenvalue weighted by molar-refractivity contribution is 0.0792. The summed E-state index contributed by atoms with van der Waals surface area (Å²) in [6.07, 6.45) is 1.59. The zero-order valence-corrected chi connectivity index (χ0v) is 19.2. The minimum absolute atomic E-state index is 0.136. The molecule has 0 amide bonds. The van der Waals surface area contributed by atoms with Gasteiger partial charge < -0.3 is 14.9 Å². The van der Waals surface area contributed by atoms with Gasteiger partial charge in [-0.25, -0.2) is 0 Å². The molecule has 2 heterocycles. The molecule has 5 heteroatoms. The summed E-state index contributed by atoms with van der Waals surface area (Å²) < 4.78 is 6.03. The van der Waals surface area contributed by atoms with E-state index in [2.05, 4.69) is 52.0 Å². The van der Waals surface area contributed by atoms with Crippen LogP contribution in [0.15, 0.2) is 42.5 Å². The van der Waals surface area contributed by atoms with Crippen molar-refractivity contribution in [3.63, 3.8) is 0 Å². The predicted molar refractivity (Wildman–Crippen MR) is 126 cm³/mol. The summed E-state index contributed by atoms with van der Waals surface area (Å²) >= 11 is 0. The van der Waals surface area contributed by atoms with Crippen molar-refractivity contribution >= 4 is 0 Å². The summed E-state index contributed by atoms with van der Waals surface area (Å²) in [5.41, 5.74) is 3.72. The number of hydrogen-bond donors (Lipinski definition) is 2. The molecule has 1 fully saturated rings. The van der Waals surface area contributed by atoms with Crippen LogP contribution in [-0.4, -0.2) is 58.0 Å². The maximum atomic E-state index is 9.77. The van der Waals surface area contributed by atoms with Crippen LogP contribution in [0.2, 0.25) is 0 Å². The van der Waals surface area contributed by atoms with E-state index in [-0.39, 0.29) is 6.10 Å². The van der Waals surface area contributed by atoms with Crippen molar-refractivity contribution in [2.75, 3.05) is 26.2 Å². The number of aliphatic hydroxyl groups is 2. The van der Waals surface area contributed by atoms with Crippen molar-refractivity contribution in [1.82, 2.24) is 9.80 Å². The van der Waals surface area contributed by atoms with Gasteiger partial charge in [-0.15, -0.1) is 0 Å². The molecule has 4 rings (SSSR count). The highest BCUT2D eigenvalue weighted by molar-refractivity contribution is 5.39. The monoisotopic (exact) mass is 434 g/mol. The Labute approximate surface area is 191 Å². The van der Waals surface area contributed by atoms with E-state index in [1.54, 1.807) is 13.8 Å². The molecule has 170 valence electrons. The Morgan fingerprint density at radius 1 is 0.969 bits per heavy atom. The third-order valence-electron chi connectivity index (χ3n) is 6.02. The molecule has 0 spiro atoms. The average molecular weight is 435 g/mol. The first-order valence-corrected chi connectivity index (χ1v) is 11.6. The lowest BCUT2D eigenvalue weighted by atomic mass is 10.0. The zero-order chi connectivity index (χ0) is 22.6. The van der Waals surface area contributed by atoms with Crippen LogP contribution in [0, 0.1) is 11.8 Å². The summed E-state index contributed by atoms with van der Waals surface area (Å²) in [6, 6.07) is 14.8. The van der Waals surface area contributed by atoms with Gasteiger partial charge in [0.1, 0.15) is 18.0 Å². The minimum Gasteiger partial charge on any atom is -0.492 e. The van der Waals surface area contributed by atoms with E-state index in [0.717, 1.165) is 63.4 Å². The maximum Gasteiger partial charge on any atom is 0.123 e. The van der Waals surface area contributed by atoms with Gasteiger partial charge >= 0.3 is 0 Å². The highest BCUT2D eigenvalue weighted by atomic mass is 16.5. The number of nitrogens with zero attached hydrogens (tertiary/aromatic N) is 2. The van der Waals surface area contributed by atoms with Crippen molar-refractivity contribution in [1.29, 1.82) is 0 Å². The Hall–Kier alpha value is -2.36. The van der Waals surface area contributed by atoms with Crippen LogP contribution in [0.5, 0.6) is 5.75 Å². The average Bonchev–Trinajstić information content (AvgIpc) is 2.95. The first kappa shape index (κ1) is 22.8. The summed E-state index contributed by atoms with van der Waals surface area (Å²) in [5.74, 6) is 6.88. The number of benzene rings is 2. The Morgan fingerprint density at radius 2 is 1.66 bits per heavy atom. The maximum absolute atomic E-state index is 9.77. The van der Waals surface area contributed by atoms with E-state index in [4.69, 9.17) is 4.74 Å². The minimum atomic E-state index is -0.980. The number of hydrogen-bond acceptors (Lipinski definition) is 5. The molecule has 2 aromatic rings. The molecule has 2 aliphatic heterocycles. The standard InChI is InChI=1S/C27H34N2O3/c1-27(2,31)12-9-21-3-5-22(6-4-21)18-29-15-16-32-26-8-7-23(17-24(26)20-29)19-28-13-10-25(30)11-14-28/h3-8,17,25,30-31H,10-11,13-16,18-20H2,1-2H3. The van der Waals surface area contributed by atoms with Crippen LogP contribution in [0.25, 0.3) is 0 Å². The highest BCUT2D eigenvalue weighted by Gasteiger charge is 2.19. The molecule has 0 unspecified atom stereocenters. The second kappa shape index (κ2) is 10.1. The summed E-state index contributed by atoms with van der Waals surface area (Å²) in [6.45, 7) is 9.51. The van der Waals surface area contributed by atoms with Gasteiger partial charge in [-0.3, -0.25) is 9.80 Å². The molecule has 0 atom stereocenters. The molecule has 0 saturated carbocycles. The third kappa shape index (κ3) is 6.57. The van der Waals surface area contributed by atoms with Crippen molar-refractivity contribution in [3.05, 3.63) is 64.7 Å². The summed E-state index contributed by atoms with van der Waals surface area (Å²) in [5, 5.41) is 19.5. The van der Waals surface area contributed by atoms with Gasteiger partial charge in [0.05, 0.1) is 6.10 Å². The third-order valence-corrected chi connectivity index (χ3v) is 6.02. The van der Waals surface area contributed by atoms with E-state index in [1.165, 1.54) is 16.7 Å². The van der Waals surface area contributed by atoms with Gasteiger partial charge in [-0.2, -0.15) is 0 Å². The lowest BCUT2D eigenvalue weighted by Gasteiger charge is -2.29. The molecule has 2 N–H and O–H groups in total. The fourth-order valence-electron chi connectivity index (χ4n) is 4.25. The molecule has 32 heavy (non-hydrogen) atoms. The molecular weight excluding hydrogens is 400 g/mol. The van der Waals surface area contributed by atoms with Crippen LogP contribution < -0.4 is 4.74 Å². The van der Waals surface area contributed by atoms with Gasteiger partial charge in [0.15, 0.2) is 0 Å². The van der Waals surface area contributed by atoms with Gasteiger partial charge in [0.25, 0.3) is 0 Å². The van der Waals surface area contributed by atoms with Crippen LogP contribution in [0.4, 0.5) is 0 Å². The summed E-state index contributed by atoms with van der Waals surface area (Å²) in [4.78, 5) is 4.84. The molecule has 0 aromatic heterocycles. The van der Waals surface area contributed by atoms with Crippen LogP contribution in [0.3, 0.4) is 0 Å². The Morgan fingerprint density at radius 3 is 2.38 bits per heavy atom. The van der Waals surface area contributed by atoms with E-state index in [1.807, 2.05) is 12.1 Å². The second-order valence-corrected chi connectivity index (χ2v) is 9.51. The number of aliphatic hydroxyl groups excluding tert-OH is 1. The zero-order valence-electron chi connectivity index (χ0n) is 19.2. The SMILES string of the molecule is CC(C)(O)C#Cc1ccc(CN2CCOc3ccc(CN4CCC(O)CC4)cc3C2)cc1. The number of fused-ring (bicyclic) bond motifs is 1. The molecular formula is C27H34N2O3. The first-order chi connectivity index (χ1) is 15.3. The van der Waals surface area contributed by atoms with Crippen molar-refractivity contribution < 1.29 is 14.9 Å². The lowest BCUT2D eigenvalue weighted by Crippen LogP contribution is -2.35.